The molecule has 0 aromatic heterocycles. The molecule has 2 rings (SSSR count). The van der Waals surface area contributed by atoms with Crippen molar-refractivity contribution in [2.24, 2.45) is 5.92 Å². The molecule has 8 heteroatoms. The SMILES string of the molecule is C.C.CC(C)ON1C(=O)CC(C)C1=O.CC(C)ON1C(=O)CCC1=O. The van der Waals surface area contributed by atoms with Crippen molar-refractivity contribution >= 4 is 23.6 Å². The molecule has 0 spiro atoms. The van der Waals surface area contributed by atoms with Gasteiger partial charge in [-0.15, -0.1) is 0 Å². The van der Waals surface area contributed by atoms with Crippen molar-refractivity contribution in [2.45, 2.75) is 80.9 Å². The molecule has 0 aromatic carbocycles. The highest BCUT2D eigenvalue weighted by atomic mass is 16.7. The molecule has 2 heterocycles. The quantitative estimate of drug-likeness (QED) is 0.715. The fourth-order valence-corrected chi connectivity index (χ4v) is 1.96. The summed E-state index contributed by atoms with van der Waals surface area (Å²) in [5, 5.41) is 1.75. The minimum atomic E-state index is -0.235. The van der Waals surface area contributed by atoms with E-state index in [0.717, 1.165) is 10.1 Å². The standard InChI is InChI=1S/C8H13NO3.C7H11NO3.2CH4/c1-5(2)12-9-7(10)4-6(3)8(9)11;1-5(2)11-8-6(9)3-4-7(8)10;;/h5-6H,4H2,1-3H3;5H,3-4H2,1-2H3;2*1H4. The van der Waals surface area contributed by atoms with Crippen LogP contribution in [-0.4, -0.2) is 46.0 Å². The number of carbonyl (C=O) groups excluding carboxylic acids is 4. The van der Waals surface area contributed by atoms with Crippen molar-refractivity contribution in [2.75, 3.05) is 0 Å². The molecule has 0 aromatic rings. The molecule has 8 nitrogen and oxygen atoms in total. The molecule has 0 radical (unpaired) electrons. The third-order valence-electron chi connectivity index (χ3n) is 2.97. The van der Waals surface area contributed by atoms with Crippen LogP contribution in [-0.2, 0) is 28.9 Å². The van der Waals surface area contributed by atoms with E-state index in [1.807, 2.05) is 0 Å². The minimum absolute atomic E-state index is 0. The minimum Gasteiger partial charge on any atom is -0.272 e. The van der Waals surface area contributed by atoms with Gasteiger partial charge in [0, 0.05) is 25.2 Å². The Kier molecular flexibility index (Phi) is 11.1. The number of amides is 4. The predicted octanol–water partition coefficient (Wildman–Crippen LogP) is 2.47. The topological polar surface area (TPSA) is 93.2 Å². The second kappa shape index (κ2) is 10.9. The van der Waals surface area contributed by atoms with Crippen molar-refractivity contribution in [3.8, 4) is 0 Å². The van der Waals surface area contributed by atoms with E-state index in [-0.39, 0.29) is 75.9 Å². The number of hydrogen-bond donors (Lipinski definition) is 0. The van der Waals surface area contributed by atoms with Crippen LogP contribution in [0.15, 0.2) is 0 Å². The Labute approximate surface area is 150 Å². The highest BCUT2D eigenvalue weighted by Crippen LogP contribution is 2.19. The lowest BCUT2D eigenvalue weighted by Gasteiger charge is -2.16. The summed E-state index contributed by atoms with van der Waals surface area (Å²) in [7, 11) is 0. The molecule has 25 heavy (non-hydrogen) atoms. The van der Waals surface area contributed by atoms with Crippen LogP contribution in [0.5, 0.6) is 0 Å². The number of rotatable bonds is 4. The zero-order chi connectivity index (χ0) is 17.7. The van der Waals surface area contributed by atoms with Crippen LogP contribution >= 0.6 is 0 Å². The van der Waals surface area contributed by atoms with Gasteiger partial charge in [-0.05, 0) is 27.7 Å². The summed E-state index contributed by atoms with van der Waals surface area (Å²) in [6, 6.07) is 0. The maximum atomic E-state index is 11.2. The Balaban J connectivity index is 0. The van der Waals surface area contributed by atoms with Gasteiger partial charge in [0.2, 0.25) is 0 Å². The number of hydrogen-bond acceptors (Lipinski definition) is 6. The van der Waals surface area contributed by atoms with Crippen molar-refractivity contribution in [3.05, 3.63) is 0 Å². The lowest BCUT2D eigenvalue weighted by Crippen LogP contribution is -2.33. The molecule has 0 aliphatic carbocycles. The second-order valence-electron chi connectivity index (χ2n) is 6.02. The summed E-state index contributed by atoms with van der Waals surface area (Å²) in [5.74, 6) is -1.15. The second-order valence-corrected chi connectivity index (χ2v) is 6.02. The van der Waals surface area contributed by atoms with Crippen LogP contribution < -0.4 is 0 Å². The molecule has 2 fully saturated rings. The molecule has 2 aliphatic heterocycles. The van der Waals surface area contributed by atoms with Crippen LogP contribution in [0, 0.1) is 5.92 Å². The lowest BCUT2D eigenvalue weighted by atomic mass is 10.1. The van der Waals surface area contributed by atoms with E-state index < -0.39 is 0 Å². The van der Waals surface area contributed by atoms with Crippen molar-refractivity contribution in [1.82, 2.24) is 10.1 Å². The zero-order valence-electron chi connectivity index (χ0n) is 14.2. The van der Waals surface area contributed by atoms with E-state index in [1.54, 1.807) is 34.6 Å². The van der Waals surface area contributed by atoms with E-state index in [9.17, 15) is 19.2 Å². The van der Waals surface area contributed by atoms with Crippen LogP contribution in [0.1, 0.15) is 68.7 Å². The van der Waals surface area contributed by atoms with Crippen LogP contribution in [0.4, 0.5) is 0 Å². The van der Waals surface area contributed by atoms with E-state index in [1.165, 1.54) is 0 Å². The average Bonchev–Trinajstić information content (AvgIpc) is 2.86. The molecular formula is C17H32N2O6. The molecule has 1 atom stereocenters. The Hall–Kier alpha value is -1.80. The Morgan fingerprint density at radius 2 is 1.20 bits per heavy atom. The molecule has 146 valence electrons. The van der Waals surface area contributed by atoms with Gasteiger partial charge in [-0.3, -0.25) is 28.9 Å². The summed E-state index contributed by atoms with van der Waals surface area (Å²) in [6.07, 6.45) is 0.576. The van der Waals surface area contributed by atoms with Gasteiger partial charge >= 0.3 is 0 Å². The third-order valence-corrected chi connectivity index (χ3v) is 2.97. The largest absolute Gasteiger partial charge is 0.272 e. The molecule has 2 aliphatic rings. The number of imide groups is 2. The molecule has 2 saturated heterocycles. The summed E-state index contributed by atoms with van der Waals surface area (Å²) in [4.78, 5) is 54.2. The highest BCUT2D eigenvalue weighted by molar-refractivity contribution is 6.02. The van der Waals surface area contributed by atoms with Gasteiger partial charge in [0.05, 0.1) is 12.2 Å². The first kappa shape index (κ1) is 25.4. The van der Waals surface area contributed by atoms with Gasteiger partial charge in [-0.25, -0.2) is 0 Å². The first-order valence-electron chi connectivity index (χ1n) is 7.69. The molecular weight excluding hydrogens is 328 g/mol. The Morgan fingerprint density at radius 3 is 1.52 bits per heavy atom. The van der Waals surface area contributed by atoms with E-state index in [2.05, 4.69) is 0 Å². The van der Waals surface area contributed by atoms with Crippen LogP contribution in [0.25, 0.3) is 0 Å². The van der Waals surface area contributed by atoms with E-state index >= 15 is 0 Å². The maximum absolute atomic E-state index is 11.2. The van der Waals surface area contributed by atoms with E-state index in [0.29, 0.717) is 0 Å². The van der Waals surface area contributed by atoms with Crippen molar-refractivity contribution in [3.63, 3.8) is 0 Å². The van der Waals surface area contributed by atoms with Crippen molar-refractivity contribution in [1.29, 1.82) is 0 Å². The first-order valence-corrected chi connectivity index (χ1v) is 7.69. The van der Waals surface area contributed by atoms with Gasteiger partial charge < -0.3 is 0 Å². The van der Waals surface area contributed by atoms with Gasteiger partial charge in [0.25, 0.3) is 23.6 Å². The summed E-state index contributed by atoms with van der Waals surface area (Å²) < 4.78 is 0. The number of carbonyl (C=O) groups is 4. The zero-order valence-corrected chi connectivity index (χ0v) is 14.2. The summed E-state index contributed by atoms with van der Waals surface area (Å²) >= 11 is 0. The van der Waals surface area contributed by atoms with Crippen LogP contribution in [0.2, 0.25) is 0 Å². The average molecular weight is 360 g/mol. The fraction of sp³-hybridized carbons (Fsp3) is 0.765. The molecule has 1 unspecified atom stereocenters. The molecule has 4 amide bonds. The normalized spacial score (nSPS) is 19.9. The van der Waals surface area contributed by atoms with Gasteiger partial charge in [0.15, 0.2) is 0 Å². The smallest absolute Gasteiger partial charge is 0.256 e. The molecule has 0 saturated carbocycles. The van der Waals surface area contributed by atoms with Gasteiger partial charge in [-0.2, -0.15) is 10.1 Å². The Bertz CT molecular complexity index is 474. The van der Waals surface area contributed by atoms with Gasteiger partial charge in [-0.1, -0.05) is 21.8 Å². The first-order chi connectivity index (χ1) is 10.6. The maximum Gasteiger partial charge on any atom is 0.256 e. The van der Waals surface area contributed by atoms with E-state index in [4.69, 9.17) is 9.68 Å². The predicted molar refractivity (Wildman–Crippen MR) is 92.6 cm³/mol. The fourth-order valence-electron chi connectivity index (χ4n) is 1.96. The molecule has 0 N–H and O–H groups in total. The molecule has 0 bridgehead atoms. The summed E-state index contributed by atoms with van der Waals surface area (Å²) in [5.41, 5.74) is 0. The van der Waals surface area contributed by atoms with Gasteiger partial charge in [0.1, 0.15) is 0 Å². The lowest BCUT2D eigenvalue weighted by molar-refractivity contribution is -0.199. The Morgan fingerprint density at radius 1 is 0.800 bits per heavy atom. The van der Waals surface area contributed by atoms with Crippen LogP contribution in [0.3, 0.4) is 0 Å². The highest BCUT2D eigenvalue weighted by Gasteiger charge is 2.37. The monoisotopic (exact) mass is 360 g/mol. The number of nitrogens with zero attached hydrogens (tertiary/aromatic N) is 2. The third kappa shape index (κ3) is 7.31. The van der Waals surface area contributed by atoms with Crippen molar-refractivity contribution < 1.29 is 28.9 Å². The number of hydroxylamine groups is 4. The summed E-state index contributed by atoms with van der Waals surface area (Å²) in [6.45, 7) is 8.84.